The minimum absolute atomic E-state index is 0.221. The van der Waals surface area contributed by atoms with Gasteiger partial charge in [-0.3, -0.25) is 19.4 Å². The Morgan fingerprint density at radius 1 is 1.15 bits per heavy atom. The largest absolute Gasteiger partial charge is 0.321 e. The van der Waals surface area contributed by atoms with E-state index in [9.17, 15) is 9.59 Å². The molecule has 0 unspecified atom stereocenters. The molecule has 0 radical (unpaired) electrons. The number of hydrogen-bond acceptors (Lipinski definition) is 4. The first-order valence-electron chi connectivity index (χ1n) is 7.63. The van der Waals surface area contributed by atoms with Crippen molar-refractivity contribution in [2.75, 3.05) is 10.6 Å². The van der Waals surface area contributed by atoms with E-state index >= 15 is 0 Å². The van der Waals surface area contributed by atoms with Crippen LogP contribution in [0.4, 0.5) is 11.4 Å². The molecule has 134 valence electrons. The van der Waals surface area contributed by atoms with Crippen molar-refractivity contribution in [2.24, 2.45) is 0 Å². The van der Waals surface area contributed by atoms with E-state index < -0.39 is 0 Å². The lowest BCUT2D eigenvalue weighted by molar-refractivity contribution is 0.101. The molecule has 8 nitrogen and oxygen atoms in total. The first-order chi connectivity index (χ1) is 12.5. The van der Waals surface area contributed by atoms with Crippen LogP contribution in [0.1, 0.15) is 27.9 Å². The molecule has 2 amide bonds. The van der Waals surface area contributed by atoms with Crippen LogP contribution in [0.5, 0.6) is 0 Å². The van der Waals surface area contributed by atoms with E-state index in [1.807, 2.05) is 6.92 Å². The van der Waals surface area contributed by atoms with Gasteiger partial charge in [-0.2, -0.15) is 10.2 Å². The van der Waals surface area contributed by atoms with Crippen LogP contribution in [0, 0.1) is 0 Å². The summed E-state index contributed by atoms with van der Waals surface area (Å²) in [6.07, 6.45) is 1.58. The Hall–Kier alpha value is -2.46. The summed E-state index contributed by atoms with van der Waals surface area (Å²) in [6.45, 7) is 2.51. The molecule has 3 aromatic rings. The quantitative estimate of drug-likeness (QED) is 0.517. The molecule has 2 aromatic heterocycles. The van der Waals surface area contributed by atoms with E-state index in [1.54, 1.807) is 41.2 Å². The molecular weight excluding hydrogens is 468 g/mol. The minimum Gasteiger partial charge on any atom is -0.321 e. The average Bonchev–Trinajstić information content (AvgIpc) is 3.22. The smallest absolute Gasteiger partial charge is 0.277 e. The van der Waals surface area contributed by atoms with Crippen molar-refractivity contribution in [3.05, 3.63) is 57.0 Å². The number of carbonyl (C=O) groups excluding carboxylic acids is 2. The summed E-state index contributed by atoms with van der Waals surface area (Å²) in [6, 6.07) is 8.51. The number of anilines is 2. The molecule has 3 N–H and O–H groups in total. The second kappa shape index (κ2) is 7.83. The number of nitrogens with zero attached hydrogens (tertiary/aromatic N) is 3. The highest BCUT2D eigenvalue weighted by atomic mass is 79.9. The molecule has 0 saturated carbocycles. The zero-order valence-electron chi connectivity index (χ0n) is 13.6. The summed E-state index contributed by atoms with van der Waals surface area (Å²) >= 11 is 6.52. The maximum Gasteiger partial charge on any atom is 0.277 e. The predicted molar refractivity (Wildman–Crippen MR) is 104 cm³/mol. The molecule has 0 aliphatic carbocycles. The Kier molecular flexibility index (Phi) is 5.52. The van der Waals surface area contributed by atoms with Crippen molar-refractivity contribution in [3.63, 3.8) is 0 Å². The van der Waals surface area contributed by atoms with Gasteiger partial charge in [0.25, 0.3) is 11.8 Å². The Bertz CT molecular complexity index is 965. The second-order valence-corrected chi connectivity index (χ2v) is 6.81. The summed E-state index contributed by atoms with van der Waals surface area (Å²) in [4.78, 5) is 24.7. The standard InChI is InChI=1S/C16H14Br2N6O2/c1-2-24-11(6-7-19-24)15(25)20-9-4-3-5-10(8-9)21-16(26)13-12(17)14(18)23-22-13/h3-8H,2H2,1H3,(H,20,25)(H,21,26)(H,22,23). The van der Waals surface area contributed by atoms with Crippen LogP contribution in [-0.2, 0) is 6.54 Å². The first kappa shape index (κ1) is 18.3. The zero-order valence-corrected chi connectivity index (χ0v) is 16.8. The fourth-order valence-electron chi connectivity index (χ4n) is 2.30. The zero-order chi connectivity index (χ0) is 18.7. The number of aromatic amines is 1. The van der Waals surface area contributed by atoms with Crippen molar-refractivity contribution in [1.29, 1.82) is 0 Å². The summed E-state index contributed by atoms with van der Waals surface area (Å²) in [7, 11) is 0. The number of rotatable bonds is 5. The minimum atomic E-state index is -0.383. The Morgan fingerprint density at radius 3 is 2.46 bits per heavy atom. The molecule has 10 heteroatoms. The fraction of sp³-hybridized carbons (Fsp3) is 0.125. The molecule has 3 rings (SSSR count). The van der Waals surface area contributed by atoms with E-state index in [0.717, 1.165) is 0 Å². The first-order valence-corrected chi connectivity index (χ1v) is 9.22. The monoisotopic (exact) mass is 480 g/mol. The molecule has 0 aliphatic rings. The van der Waals surface area contributed by atoms with E-state index in [0.29, 0.717) is 32.7 Å². The number of carbonyl (C=O) groups is 2. The van der Waals surface area contributed by atoms with Crippen LogP contribution in [-0.4, -0.2) is 31.8 Å². The fourth-order valence-corrected chi connectivity index (χ4v) is 2.93. The van der Waals surface area contributed by atoms with Crippen LogP contribution < -0.4 is 10.6 Å². The maximum absolute atomic E-state index is 12.4. The molecule has 2 heterocycles. The van der Waals surface area contributed by atoms with Crippen molar-refractivity contribution in [2.45, 2.75) is 13.5 Å². The summed E-state index contributed by atoms with van der Waals surface area (Å²) in [5.74, 6) is -0.654. The number of aryl methyl sites for hydroxylation is 1. The third-order valence-electron chi connectivity index (χ3n) is 3.51. The van der Waals surface area contributed by atoms with Crippen LogP contribution in [0.3, 0.4) is 0 Å². The SMILES string of the molecule is CCn1nccc1C(=O)Nc1cccc(NC(=O)c2n[nH]c(Br)c2Br)c1. The van der Waals surface area contributed by atoms with Gasteiger partial charge in [0, 0.05) is 24.1 Å². The van der Waals surface area contributed by atoms with Crippen LogP contribution in [0.15, 0.2) is 45.6 Å². The highest BCUT2D eigenvalue weighted by Crippen LogP contribution is 2.25. The van der Waals surface area contributed by atoms with Crippen molar-refractivity contribution in [1.82, 2.24) is 20.0 Å². The summed E-state index contributed by atoms with van der Waals surface area (Å²) < 4.78 is 2.72. The Labute approximate surface area is 165 Å². The van der Waals surface area contributed by atoms with Crippen LogP contribution in [0.25, 0.3) is 0 Å². The van der Waals surface area contributed by atoms with E-state index in [2.05, 4.69) is 57.8 Å². The lowest BCUT2D eigenvalue weighted by atomic mass is 10.2. The van der Waals surface area contributed by atoms with E-state index in [4.69, 9.17) is 0 Å². The number of amides is 2. The number of aromatic nitrogens is 4. The molecule has 26 heavy (non-hydrogen) atoms. The molecule has 0 bridgehead atoms. The number of nitrogens with one attached hydrogen (secondary N) is 3. The van der Waals surface area contributed by atoms with Crippen molar-refractivity contribution < 1.29 is 9.59 Å². The van der Waals surface area contributed by atoms with Gasteiger partial charge >= 0.3 is 0 Å². The molecule has 0 atom stereocenters. The lowest BCUT2D eigenvalue weighted by Crippen LogP contribution is -2.17. The maximum atomic E-state index is 12.4. The number of halogens is 2. The van der Waals surface area contributed by atoms with Crippen molar-refractivity contribution in [3.8, 4) is 0 Å². The number of hydrogen-bond donors (Lipinski definition) is 3. The summed E-state index contributed by atoms with van der Waals surface area (Å²) in [5, 5.41) is 16.2. The third kappa shape index (κ3) is 3.86. The lowest BCUT2D eigenvalue weighted by Gasteiger charge is -2.09. The highest BCUT2D eigenvalue weighted by Gasteiger charge is 2.17. The van der Waals surface area contributed by atoms with Gasteiger partial charge in [-0.05, 0) is 63.0 Å². The van der Waals surface area contributed by atoms with Crippen LogP contribution >= 0.6 is 31.9 Å². The van der Waals surface area contributed by atoms with Gasteiger partial charge in [0.05, 0.1) is 4.47 Å². The molecule has 0 saturated heterocycles. The third-order valence-corrected chi connectivity index (χ3v) is 5.39. The van der Waals surface area contributed by atoms with E-state index in [1.165, 1.54) is 0 Å². The second-order valence-electron chi connectivity index (χ2n) is 5.22. The number of H-pyrrole nitrogens is 1. The van der Waals surface area contributed by atoms with Gasteiger partial charge < -0.3 is 10.6 Å². The Balaban J connectivity index is 1.73. The van der Waals surface area contributed by atoms with Crippen LogP contribution in [0.2, 0.25) is 0 Å². The van der Waals surface area contributed by atoms with Gasteiger partial charge in [-0.15, -0.1) is 0 Å². The predicted octanol–water partition coefficient (Wildman–Crippen LogP) is 3.66. The number of benzene rings is 1. The molecule has 0 aliphatic heterocycles. The Morgan fingerprint density at radius 2 is 1.85 bits per heavy atom. The topological polar surface area (TPSA) is 105 Å². The van der Waals surface area contributed by atoms with Gasteiger partial charge in [0.15, 0.2) is 5.69 Å². The normalized spacial score (nSPS) is 10.6. The van der Waals surface area contributed by atoms with Gasteiger partial charge in [-0.25, -0.2) is 0 Å². The van der Waals surface area contributed by atoms with Crippen molar-refractivity contribution >= 4 is 55.0 Å². The highest BCUT2D eigenvalue weighted by molar-refractivity contribution is 9.13. The van der Waals surface area contributed by atoms with E-state index in [-0.39, 0.29) is 17.5 Å². The van der Waals surface area contributed by atoms with Gasteiger partial charge in [0.1, 0.15) is 10.3 Å². The van der Waals surface area contributed by atoms with Gasteiger partial charge in [0.2, 0.25) is 0 Å². The molecule has 0 fully saturated rings. The molecule has 1 aromatic carbocycles. The summed E-state index contributed by atoms with van der Waals surface area (Å²) in [5.41, 5.74) is 1.77. The molecule has 0 spiro atoms. The van der Waals surface area contributed by atoms with Gasteiger partial charge in [-0.1, -0.05) is 6.07 Å². The molecular formula is C16H14Br2N6O2. The average molecular weight is 482 g/mol.